The number of nitrogens with zero attached hydrogens (tertiary/aromatic N) is 1. The minimum atomic E-state index is -0.206. The summed E-state index contributed by atoms with van der Waals surface area (Å²) in [6.07, 6.45) is 5.21. The van der Waals surface area contributed by atoms with Crippen LogP contribution in [0, 0.1) is 6.92 Å². The van der Waals surface area contributed by atoms with Crippen LogP contribution in [0.3, 0.4) is 0 Å². The largest absolute Gasteiger partial charge is 0.472 e. The topological polar surface area (TPSA) is 64.2 Å². The first-order valence-corrected chi connectivity index (χ1v) is 6.12. The monoisotopic (exact) mass is 260 g/mol. The van der Waals surface area contributed by atoms with Crippen molar-refractivity contribution in [3.8, 4) is 0 Å². The van der Waals surface area contributed by atoms with Crippen molar-refractivity contribution in [3.05, 3.63) is 52.3 Å². The van der Waals surface area contributed by atoms with Crippen molar-refractivity contribution >= 4 is 11.6 Å². The number of hydrogen-bond donors (Lipinski definition) is 1. The summed E-state index contributed by atoms with van der Waals surface area (Å²) in [5, 5.41) is 2.65. The third-order valence-electron chi connectivity index (χ3n) is 2.89. The summed E-state index contributed by atoms with van der Waals surface area (Å²) in [6, 6.07) is 3.61. The fourth-order valence-electron chi connectivity index (χ4n) is 1.75. The van der Waals surface area contributed by atoms with Crippen molar-refractivity contribution in [3.63, 3.8) is 0 Å². The highest BCUT2D eigenvalue weighted by molar-refractivity contribution is 5.90. The van der Waals surface area contributed by atoms with Crippen LogP contribution in [0.15, 0.2) is 40.1 Å². The van der Waals surface area contributed by atoms with E-state index in [1.165, 1.54) is 0 Å². The molecule has 0 atom stereocenters. The molecule has 0 radical (unpaired) electrons. The molecule has 0 fully saturated rings. The average molecular weight is 260 g/mol. The van der Waals surface area contributed by atoms with Gasteiger partial charge in [-0.3, -0.25) is 9.59 Å². The molecular weight excluding hydrogens is 244 g/mol. The Morgan fingerprint density at radius 3 is 2.84 bits per heavy atom. The number of amides is 1. The molecular formula is C14H16N2O3. The van der Waals surface area contributed by atoms with E-state index >= 15 is 0 Å². The second-order valence-corrected chi connectivity index (χ2v) is 4.34. The van der Waals surface area contributed by atoms with E-state index < -0.39 is 0 Å². The summed E-state index contributed by atoms with van der Waals surface area (Å²) >= 11 is 0. The van der Waals surface area contributed by atoms with Crippen molar-refractivity contribution in [2.45, 2.75) is 26.8 Å². The van der Waals surface area contributed by atoms with E-state index in [-0.39, 0.29) is 11.5 Å². The molecule has 0 unspecified atom stereocenters. The van der Waals surface area contributed by atoms with Crippen molar-refractivity contribution in [2.75, 3.05) is 5.32 Å². The van der Waals surface area contributed by atoms with Crippen molar-refractivity contribution in [2.24, 2.45) is 0 Å². The molecule has 1 amide bonds. The van der Waals surface area contributed by atoms with Crippen molar-refractivity contribution < 1.29 is 9.21 Å². The maximum atomic E-state index is 12.3. The first kappa shape index (κ1) is 13.1. The number of nitrogens with one attached hydrogen (secondary N) is 1. The molecule has 0 saturated heterocycles. The fraction of sp³-hybridized carbons (Fsp3) is 0.286. The highest BCUT2D eigenvalue weighted by Gasteiger charge is 2.10. The van der Waals surface area contributed by atoms with Gasteiger partial charge in [0.1, 0.15) is 5.69 Å². The van der Waals surface area contributed by atoms with E-state index in [9.17, 15) is 9.59 Å². The standard InChI is InChI=1S/C14H16N2O3/c1-3-12(17)15-13-10(2)4-6-16(14(13)18)8-11-5-7-19-9-11/h4-7,9H,3,8H2,1-2H3,(H,15,17). The highest BCUT2D eigenvalue weighted by Crippen LogP contribution is 2.10. The number of rotatable bonds is 4. The molecule has 19 heavy (non-hydrogen) atoms. The number of hydrogen-bond acceptors (Lipinski definition) is 3. The zero-order valence-corrected chi connectivity index (χ0v) is 11.0. The van der Waals surface area contributed by atoms with Gasteiger partial charge in [0.25, 0.3) is 5.56 Å². The molecule has 2 aromatic rings. The highest BCUT2D eigenvalue weighted by atomic mass is 16.3. The van der Waals surface area contributed by atoms with Crippen LogP contribution < -0.4 is 10.9 Å². The van der Waals surface area contributed by atoms with Gasteiger partial charge in [0, 0.05) is 18.2 Å². The normalized spacial score (nSPS) is 10.4. The van der Waals surface area contributed by atoms with Gasteiger partial charge in [-0.25, -0.2) is 0 Å². The van der Waals surface area contributed by atoms with Gasteiger partial charge < -0.3 is 14.3 Å². The number of anilines is 1. The van der Waals surface area contributed by atoms with Gasteiger partial charge in [0.05, 0.1) is 19.1 Å². The van der Waals surface area contributed by atoms with Crippen LogP contribution in [0.1, 0.15) is 24.5 Å². The molecule has 0 aliphatic rings. The second-order valence-electron chi connectivity index (χ2n) is 4.34. The molecule has 2 rings (SSSR count). The lowest BCUT2D eigenvalue weighted by molar-refractivity contribution is -0.115. The lowest BCUT2D eigenvalue weighted by Gasteiger charge is -2.10. The number of carbonyl (C=O) groups is 1. The van der Waals surface area contributed by atoms with Gasteiger partial charge in [-0.15, -0.1) is 0 Å². The number of aryl methyl sites for hydroxylation is 1. The Morgan fingerprint density at radius 1 is 1.42 bits per heavy atom. The molecule has 0 aliphatic carbocycles. The Labute approximate surface area is 110 Å². The van der Waals surface area contributed by atoms with Gasteiger partial charge in [0.15, 0.2) is 0 Å². The van der Waals surface area contributed by atoms with Gasteiger partial charge in [0.2, 0.25) is 5.91 Å². The van der Waals surface area contributed by atoms with Crippen LogP contribution in [0.25, 0.3) is 0 Å². The minimum Gasteiger partial charge on any atom is -0.472 e. The molecule has 100 valence electrons. The van der Waals surface area contributed by atoms with Gasteiger partial charge >= 0.3 is 0 Å². The zero-order chi connectivity index (χ0) is 13.8. The number of pyridine rings is 1. The molecule has 5 nitrogen and oxygen atoms in total. The van der Waals surface area contributed by atoms with Crippen LogP contribution in [0.4, 0.5) is 5.69 Å². The summed E-state index contributed by atoms with van der Waals surface area (Å²) in [6.45, 7) is 3.97. The predicted molar refractivity (Wildman–Crippen MR) is 72.2 cm³/mol. The van der Waals surface area contributed by atoms with Crippen LogP contribution in [-0.2, 0) is 11.3 Å². The summed E-state index contributed by atoms with van der Waals surface area (Å²) in [7, 11) is 0. The first-order valence-electron chi connectivity index (χ1n) is 6.12. The maximum Gasteiger partial charge on any atom is 0.274 e. The smallest absolute Gasteiger partial charge is 0.274 e. The third-order valence-corrected chi connectivity index (χ3v) is 2.89. The maximum absolute atomic E-state index is 12.3. The van der Waals surface area contributed by atoms with Crippen LogP contribution in [0.5, 0.6) is 0 Å². The van der Waals surface area contributed by atoms with Gasteiger partial charge in [-0.05, 0) is 24.6 Å². The summed E-state index contributed by atoms with van der Waals surface area (Å²) in [5.74, 6) is -0.165. The Bertz CT molecular complexity index is 627. The molecule has 2 heterocycles. The van der Waals surface area contributed by atoms with Crippen molar-refractivity contribution in [1.82, 2.24) is 4.57 Å². The van der Waals surface area contributed by atoms with Crippen LogP contribution >= 0.6 is 0 Å². The van der Waals surface area contributed by atoms with E-state index in [1.807, 2.05) is 6.07 Å². The number of carbonyl (C=O) groups excluding carboxylic acids is 1. The van der Waals surface area contributed by atoms with E-state index in [0.29, 0.717) is 18.7 Å². The minimum absolute atomic E-state index is 0.165. The Balaban J connectivity index is 2.34. The lowest BCUT2D eigenvalue weighted by atomic mass is 10.2. The van der Waals surface area contributed by atoms with E-state index in [0.717, 1.165) is 11.1 Å². The molecule has 0 saturated carbocycles. The summed E-state index contributed by atoms with van der Waals surface area (Å²) in [5.41, 5.74) is 1.80. The summed E-state index contributed by atoms with van der Waals surface area (Å²) < 4.78 is 6.52. The second kappa shape index (κ2) is 5.56. The molecule has 0 spiro atoms. The lowest BCUT2D eigenvalue weighted by Crippen LogP contribution is -2.26. The number of furan rings is 1. The zero-order valence-electron chi connectivity index (χ0n) is 11.0. The van der Waals surface area contributed by atoms with E-state index in [4.69, 9.17) is 4.42 Å². The fourth-order valence-corrected chi connectivity index (χ4v) is 1.75. The molecule has 0 aromatic carbocycles. The van der Waals surface area contributed by atoms with Crippen molar-refractivity contribution in [1.29, 1.82) is 0 Å². The van der Waals surface area contributed by atoms with Gasteiger partial charge in [-0.2, -0.15) is 0 Å². The molecule has 2 aromatic heterocycles. The molecule has 0 bridgehead atoms. The Kier molecular flexibility index (Phi) is 3.85. The van der Waals surface area contributed by atoms with Crippen LogP contribution in [-0.4, -0.2) is 10.5 Å². The molecule has 0 aliphatic heterocycles. The Hall–Kier alpha value is -2.30. The van der Waals surface area contributed by atoms with Crippen LogP contribution in [0.2, 0.25) is 0 Å². The summed E-state index contributed by atoms with van der Waals surface area (Å²) in [4.78, 5) is 23.7. The predicted octanol–water partition coefficient (Wildman–Crippen LogP) is 2.15. The molecule has 5 heteroatoms. The SMILES string of the molecule is CCC(=O)Nc1c(C)ccn(Cc2ccoc2)c1=O. The molecule has 1 N–H and O–H groups in total. The Morgan fingerprint density at radius 2 is 2.21 bits per heavy atom. The average Bonchev–Trinajstić information content (AvgIpc) is 2.90. The van der Waals surface area contributed by atoms with E-state index in [1.54, 1.807) is 43.2 Å². The first-order chi connectivity index (χ1) is 9.11. The van der Waals surface area contributed by atoms with E-state index in [2.05, 4.69) is 5.32 Å². The van der Waals surface area contributed by atoms with Gasteiger partial charge in [-0.1, -0.05) is 6.92 Å². The quantitative estimate of drug-likeness (QED) is 0.916. The number of aromatic nitrogens is 1. The third kappa shape index (κ3) is 2.93.